The summed E-state index contributed by atoms with van der Waals surface area (Å²) in [5.41, 5.74) is -4.43. The minimum absolute atomic E-state index is 0.0158. The number of sulfone groups is 1. The molecule has 2 N–H and O–H groups in total. The lowest BCUT2D eigenvalue weighted by molar-refractivity contribution is -0.0436. The van der Waals surface area contributed by atoms with Gasteiger partial charge >= 0.3 is 5.51 Å². The van der Waals surface area contributed by atoms with Gasteiger partial charge in [-0.05, 0) is 59.0 Å². The summed E-state index contributed by atoms with van der Waals surface area (Å²) >= 11 is 0. The number of rotatable bonds is 4. The molecule has 0 fully saturated rings. The largest absolute Gasteiger partial charge is 0.506 e. The van der Waals surface area contributed by atoms with E-state index in [0.717, 1.165) is 24.3 Å². The van der Waals surface area contributed by atoms with E-state index >= 15 is 0 Å². The molecular formula is C24H15F4NO4S. The second-order valence-electron chi connectivity index (χ2n) is 7.30. The second kappa shape index (κ2) is 8.45. The maximum absolute atomic E-state index is 13.4. The van der Waals surface area contributed by atoms with E-state index in [1.165, 1.54) is 30.3 Å². The van der Waals surface area contributed by atoms with E-state index in [1.54, 1.807) is 24.3 Å². The van der Waals surface area contributed by atoms with Gasteiger partial charge in [-0.3, -0.25) is 4.79 Å². The molecule has 0 radical (unpaired) electrons. The van der Waals surface area contributed by atoms with E-state index in [2.05, 4.69) is 5.32 Å². The molecule has 4 aromatic carbocycles. The summed E-state index contributed by atoms with van der Waals surface area (Å²) < 4.78 is 74.5. The molecule has 5 nitrogen and oxygen atoms in total. The standard InChI is InChI=1S/C24H15F4NO4S/c25-15-7-5-14(6-8-15)20-13-21(22(30)19-4-2-1-3-18(19)20)23(31)29-16-9-11-17(12-10-16)34(32,33)24(26,27)28/h1-13,30H,(H,29,31). The molecule has 1 amide bonds. The van der Waals surface area contributed by atoms with Crippen LogP contribution in [-0.4, -0.2) is 24.9 Å². The summed E-state index contributed by atoms with van der Waals surface area (Å²) in [6.07, 6.45) is 0. The number of hydrogen-bond donors (Lipinski definition) is 2. The number of carbonyl (C=O) groups is 1. The second-order valence-corrected chi connectivity index (χ2v) is 9.24. The molecule has 4 aromatic rings. The number of nitrogens with one attached hydrogen (secondary N) is 1. The van der Waals surface area contributed by atoms with Gasteiger partial charge in [0.05, 0.1) is 10.5 Å². The molecule has 0 aromatic heterocycles. The summed E-state index contributed by atoms with van der Waals surface area (Å²) in [5.74, 6) is -1.55. The van der Waals surface area contributed by atoms with Gasteiger partial charge in [-0.25, -0.2) is 12.8 Å². The molecule has 0 bridgehead atoms. The Morgan fingerprint density at radius 1 is 0.853 bits per heavy atom. The van der Waals surface area contributed by atoms with Gasteiger partial charge in [0, 0.05) is 11.1 Å². The van der Waals surface area contributed by atoms with E-state index in [0.29, 0.717) is 21.9 Å². The molecule has 0 aliphatic carbocycles. The zero-order valence-corrected chi connectivity index (χ0v) is 17.9. The molecule has 0 heterocycles. The zero-order chi connectivity index (χ0) is 24.7. The lowest BCUT2D eigenvalue weighted by atomic mass is 9.94. The number of carbonyl (C=O) groups excluding carboxylic acids is 1. The van der Waals surface area contributed by atoms with Crippen molar-refractivity contribution in [2.45, 2.75) is 10.4 Å². The van der Waals surface area contributed by atoms with Crippen molar-refractivity contribution in [3.63, 3.8) is 0 Å². The summed E-state index contributed by atoms with van der Waals surface area (Å²) in [5, 5.41) is 14.1. The average Bonchev–Trinajstić information content (AvgIpc) is 2.80. The molecule has 0 saturated carbocycles. The monoisotopic (exact) mass is 489 g/mol. The molecular weight excluding hydrogens is 474 g/mol. The molecule has 34 heavy (non-hydrogen) atoms. The van der Waals surface area contributed by atoms with Crippen LogP contribution in [0.5, 0.6) is 5.75 Å². The average molecular weight is 489 g/mol. The van der Waals surface area contributed by atoms with Crippen LogP contribution in [0.4, 0.5) is 23.2 Å². The summed E-state index contributed by atoms with van der Waals surface area (Å²) in [6, 6.07) is 17.2. The predicted octanol–water partition coefficient (Wildman–Crippen LogP) is 5.90. The number of phenolic OH excluding ortho intramolecular Hbond substituents is 1. The number of hydrogen-bond acceptors (Lipinski definition) is 4. The van der Waals surface area contributed by atoms with Gasteiger partial charge in [0.25, 0.3) is 15.7 Å². The Kier molecular flexibility index (Phi) is 5.78. The van der Waals surface area contributed by atoms with E-state index in [1.807, 2.05) is 0 Å². The number of phenols is 1. The number of aromatic hydroxyl groups is 1. The Hall–Kier alpha value is -3.92. The van der Waals surface area contributed by atoms with Crippen molar-refractivity contribution in [3.05, 3.63) is 90.2 Å². The van der Waals surface area contributed by atoms with Crippen molar-refractivity contribution in [1.29, 1.82) is 0 Å². The molecule has 10 heteroatoms. The van der Waals surface area contributed by atoms with E-state index in [-0.39, 0.29) is 17.0 Å². The summed E-state index contributed by atoms with van der Waals surface area (Å²) in [7, 11) is -5.52. The van der Waals surface area contributed by atoms with Crippen LogP contribution in [0, 0.1) is 5.82 Å². The lowest BCUT2D eigenvalue weighted by Crippen LogP contribution is -2.23. The molecule has 4 rings (SSSR count). The van der Waals surface area contributed by atoms with E-state index in [9.17, 15) is 35.9 Å². The molecule has 0 unspecified atom stereocenters. The van der Waals surface area contributed by atoms with Crippen LogP contribution in [-0.2, 0) is 9.84 Å². The maximum Gasteiger partial charge on any atom is 0.501 e. The van der Waals surface area contributed by atoms with Gasteiger partial charge in [0.2, 0.25) is 0 Å². The van der Waals surface area contributed by atoms with Gasteiger partial charge in [0.1, 0.15) is 11.6 Å². The van der Waals surface area contributed by atoms with Crippen LogP contribution in [0.1, 0.15) is 10.4 Å². The molecule has 0 saturated heterocycles. The summed E-state index contributed by atoms with van der Waals surface area (Å²) in [4.78, 5) is 12.0. The van der Waals surface area contributed by atoms with Crippen LogP contribution < -0.4 is 5.32 Å². The third kappa shape index (κ3) is 4.19. The maximum atomic E-state index is 13.4. The highest BCUT2D eigenvalue weighted by Gasteiger charge is 2.46. The van der Waals surface area contributed by atoms with Crippen molar-refractivity contribution in [3.8, 4) is 16.9 Å². The Bertz CT molecular complexity index is 1500. The zero-order valence-electron chi connectivity index (χ0n) is 17.1. The predicted molar refractivity (Wildman–Crippen MR) is 119 cm³/mol. The van der Waals surface area contributed by atoms with Crippen LogP contribution in [0.2, 0.25) is 0 Å². The highest BCUT2D eigenvalue weighted by Crippen LogP contribution is 2.37. The van der Waals surface area contributed by atoms with Gasteiger partial charge in [-0.15, -0.1) is 0 Å². The molecule has 0 aliphatic heterocycles. The fourth-order valence-corrected chi connectivity index (χ4v) is 4.21. The number of alkyl halides is 3. The normalized spacial score (nSPS) is 12.0. The quantitative estimate of drug-likeness (QED) is 0.350. The Morgan fingerprint density at radius 3 is 2.03 bits per heavy atom. The van der Waals surface area contributed by atoms with E-state index < -0.39 is 32.0 Å². The van der Waals surface area contributed by atoms with Gasteiger partial charge in [-0.1, -0.05) is 36.4 Å². The number of fused-ring (bicyclic) bond motifs is 1. The van der Waals surface area contributed by atoms with Crippen LogP contribution in [0.15, 0.2) is 83.8 Å². The topological polar surface area (TPSA) is 83.5 Å². The first kappa shape index (κ1) is 23.2. The Balaban J connectivity index is 1.72. The first-order valence-corrected chi connectivity index (χ1v) is 11.2. The van der Waals surface area contributed by atoms with Gasteiger partial charge in [0.15, 0.2) is 0 Å². The number of anilines is 1. The smallest absolute Gasteiger partial charge is 0.501 e. The first-order valence-electron chi connectivity index (χ1n) is 9.72. The SMILES string of the molecule is O=C(Nc1ccc(S(=O)(=O)C(F)(F)F)cc1)c1cc(-c2ccc(F)cc2)c2ccccc2c1O. The van der Waals surface area contributed by atoms with Crippen molar-refractivity contribution < 1.29 is 35.9 Å². The molecule has 0 aliphatic rings. The Morgan fingerprint density at radius 2 is 1.44 bits per heavy atom. The molecule has 0 spiro atoms. The van der Waals surface area contributed by atoms with Crippen LogP contribution >= 0.6 is 0 Å². The lowest BCUT2D eigenvalue weighted by Gasteiger charge is -2.14. The van der Waals surface area contributed by atoms with Gasteiger partial charge in [-0.2, -0.15) is 13.2 Å². The van der Waals surface area contributed by atoms with Crippen molar-refractivity contribution in [2.24, 2.45) is 0 Å². The third-order valence-electron chi connectivity index (χ3n) is 5.14. The minimum atomic E-state index is -5.52. The molecule has 174 valence electrons. The number of halogens is 4. The van der Waals surface area contributed by atoms with Gasteiger partial charge < -0.3 is 10.4 Å². The van der Waals surface area contributed by atoms with Crippen LogP contribution in [0.25, 0.3) is 21.9 Å². The molecule has 0 atom stereocenters. The fourth-order valence-electron chi connectivity index (χ4n) is 3.45. The number of amides is 1. The highest BCUT2D eigenvalue weighted by atomic mass is 32.2. The van der Waals surface area contributed by atoms with Crippen LogP contribution in [0.3, 0.4) is 0 Å². The van der Waals surface area contributed by atoms with E-state index in [4.69, 9.17) is 0 Å². The van der Waals surface area contributed by atoms with Crippen molar-refractivity contribution in [1.82, 2.24) is 0 Å². The highest BCUT2D eigenvalue weighted by molar-refractivity contribution is 7.92. The Labute approximate surface area is 191 Å². The third-order valence-corrected chi connectivity index (χ3v) is 6.65. The fraction of sp³-hybridized carbons (Fsp3) is 0.0417. The van der Waals surface area contributed by atoms with Crippen molar-refractivity contribution in [2.75, 3.05) is 5.32 Å². The first-order chi connectivity index (χ1) is 16.0. The number of benzene rings is 4. The summed E-state index contributed by atoms with van der Waals surface area (Å²) in [6.45, 7) is 0. The van der Waals surface area contributed by atoms with Crippen molar-refractivity contribution >= 4 is 32.2 Å². The minimum Gasteiger partial charge on any atom is -0.506 e.